The first-order valence-corrected chi connectivity index (χ1v) is 6.15. The summed E-state index contributed by atoms with van der Waals surface area (Å²) in [6.07, 6.45) is 1.95. The molecule has 0 saturated heterocycles. The van der Waals surface area contributed by atoms with Crippen molar-refractivity contribution in [2.45, 2.75) is 27.3 Å². The van der Waals surface area contributed by atoms with Crippen molar-refractivity contribution < 1.29 is 0 Å². The van der Waals surface area contributed by atoms with E-state index < -0.39 is 0 Å². The average molecular weight is 238 g/mol. The minimum Gasteiger partial charge on any atom is -0.312 e. The summed E-state index contributed by atoms with van der Waals surface area (Å²) in [4.78, 5) is 2.23. The van der Waals surface area contributed by atoms with Crippen LogP contribution in [0.4, 0.5) is 0 Å². The lowest BCUT2D eigenvalue weighted by molar-refractivity contribution is 0.232. The number of hydrogen-bond donors (Lipinski definition) is 1. The first-order valence-electron chi connectivity index (χ1n) is 6.15. The lowest BCUT2D eigenvalue weighted by atomic mass is 9.93. The average Bonchev–Trinajstić information content (AvgIpc) is 2.47. The quantitative estimate of drug-likeness (QED) is 0.813. The van der Waals surface area contributed by atoms with Gasteiger partial charge in [-0.1, -0.05) is 13.8 Å². The summed E-state index contributed by atoms with van der Waals surface area (Å²) < 4.78 is 1.92. The van der Waals surface area contributed by atoms with Gasteiger partial charge in [0.1, 0.15) is 0 Å². The minimum atomic E-state index is 0.291. The van der Waals surface area contributed by atoms with E-state index in [9.17, 15) is 0 Å². The molecule has 0 aliphatic rings. The van der Waals surface area contributed by atoms with E-state index in [-0.39, 0.29) is 0 Å². The van der Waals surface area contributed by atoms with Gasteiger partial charge in [-0.3, -0.25) is 4.68 Å². The largest absolute Gasteiger partial charge is 0.312 e. The van der Waals surface area contributed by atoms with Crippen LogP contribution in [0.2, 0.25) is 0 Å². The highest BCUT2D eigenvalue weighted by atomic mass is 15.3. The summed E-state index contributed by atoms with van der Waals surface area (Å²) in [5.74, 6) is 0. The van der Waals surface area contributed by atoms with Crippen molar-refractivity contribution in [3.05, 3.63) is 17.5 Å². The zero-order chi connectivity index (χ0) is 13.1. The van der Waals surface area contributed by atoms with Crippen LogP contribution < -0.4 is 5.32 Å². The fourth-order valence-electron chi connectivity index (χ4n) is 2.17. The molecule has 1 heterocycles. The summed E-state index contributed by atoms with van der Waals surface area (Å²) in [7, 11) is 6.22. The van der Waals surface area contributed by atoms with Crippen LogP contribution >= 0.6 is 0 Å². The number of nitrogens with one attached hydrogen (secondary N) is 1. The van der Waals surface area contributed by atoms with Crippen molar-refractivity contribution in [2.75, 3.05) is 27.2 Å². The molecule has 98 valence electrons. The van der Waals surface area contributed by atoms with Gasteiger partial charge in [-0.05, 0) is 26.4 Å². The molecule has 4 nitrogen and oxygen atoms in total. The third kappa shape index (κ3) is 4.48. The zero-order valence-electron chi connectivity index (χ0n) is 12.0. The van der Waals surface area contributed by atoms with E-state index in [1.807, 2.05) is 17.9 Å². The maximum Gasteiger partial charge on any atom is 0.0537 e. The van der Waals surface area contributed by atoms with Crippen LogP contribution in [0, 0.1) is 12.3 Å². The summed E-state index contributed by atoms with van der Waals surface area (Å²) in [5, 5.41) is 7.77. The number of aromatic nitrogens is 2. The number of rotatable bonds is 6. The van der Waals surface area contributed by atoms with Crippen molar-refractivity contribution in [1.82, 2.24) is 20.0 Å². The van der Waals surface area contributed by atoms with Gasteiger partial charge in [0, 0.05) is 37.9 Å². The van der Waals surface area contributed by atoms with E-state index in [1.54, 1.807) is 0 Å². The van der Waals surface area contributed by atoms with Crippen molar-refractivity contribution in [1.29, 1.82) is 0 Å². The minimum absolute atomic E-state index is 0.291. The Morgan fingerprint density at radius 3 is 2.53 bits per heavy atom. The molecule has 0 radical (unpaired) electrons. The number of nitrogens with zero attached hydrogens (tertiary/aromatic N) is 3. The highest BCUT2D eigenvalue weighted by Gasteiger charge is 2.18. The summed E-state index contributed by atoms with van der Waals surface area (Å²) in [5.41, 5.74) is 2.82. The standard InChI is InChI=1S/C13H26N4/c1-11-12(8-15-17(11)6)7-14-9-13(2,3)10-16(4)5/h8,14H,7,9-10H2,1-6H3. The van der Waals surface area contributed by atoms with Gasteiger partial charge in [0.15, 0.2) is 0 Å². The lowest BCUT2D eigenvalue weighted by Gasteiger charge is -2.28. The molecule has 0 bridgehead atoms. The fraction of sp³-hybridized carbons (Fsp3) is 0.769. The molecule has 0 amide bonds. The maximum absolute atomic E-state index is 4.25. The predicted molar refractivity (Wildman–Crippen MR) is 72.0 cm³/mol. The van der Waals surface area contributed by atoms with Crippen LogP contribution in [0.3, 0.4) is 0 Å². The molecule has 0 aliphatic heterocycles. The van der Waals surface area contributed by atoms with Crippen LogP contribution in [0.1, 0.15) is 25.1 Å². The molecule has 1 aromatic rings. The van der Waals surface area contributed by atoms with Crippen LogP contribution in [0.25, 0.3) is 0 Å². The fourth-order valence-corrected chi connectivity index (χ4v) is 2.17. The van der Waals surface area contributed by atoms with E-state index in [0.29, 0.717) is 5.41 Å². The van der Waals surface area contributed by atoms with Gasteiger partial charge >= 0.3 is 0 Å². The first-order chi connectivity index (χ1) is 7.82. The molecule has 0 aromatic carbocycles. The van der Waals surface area contributed by atoms with Crippen molar-refractivity contribution in [2.24, 2.45) is 12.5 Å². The van der Waals surface area contributed by atoms with Gasteiger partial charge in [0.2, 0.25) is 0 Å². The van der Waals surface area contributed by atoms with E-state index in [1.165, 1.54) is 11.3 Å². The molecular formula is C13H26N4. The second kappa shape index (κ2) is 5.65. The highest BCUT2D eigenvalue weighted by molar-refractivity contribution is 5.15. The molecule has 0 saturated carbocycles. The predicted octanol–water partition coefficient (Wildman–Crippen LogP) is 1.41. The van der Waals surface area contributed by atoms with E-state index >= 15 is 0 Å². The molecule has 1 N–H and O–H groups in total. The molecule has 0 aliphatic carbocycles. The van der Waals surface area contributed by atoms with Gasteiger partial charge < -0.3 is 10.2 Å². The molecular weight excluding hydrogens is 212 g/mol. The Labute approximate surface area is 105 Å². The zero-order valence-corrected chi connectivity index (χ0v) is 12.0. The Morgan fingerprint density at radius 1 is 1.41 bits per heavy atom. The Bertz CT molecular complexity index is 352. The Morgan fingerprint density at radius 2 is 2.06 bits per heavy atom. The molecule has 1 aromatic heterocycles. The first kappa shape index (κ1) is 14.2. The van der Waals surface area contributed by atoms with Crippen LogP contribution in [0.5, 0.6) is 0 Å². The van der Waals surface area contributed by atoms with Gasteiger partial charge in [-0.15, -0.1) is 0 Å². The van der Waals surface area contributed by atoms with Gasteiger partial charge in [0.05, 0.1) is 6.20 Å². The Kier molecular flexibility index (Phi) is 4.71. The molecule has 17 heavy (non-hydrogen) atoms. The van der Waals surface area contributed by atoms with E-state index in [2.05, 4.69) is 50.2 Å². The van der Waals surface area contributed by atoms with E-state index in [0.717, 1.165) is 19.6 Å². The molecule has 1 rings (SSSR count). The topological polar surface area (TPSA) is 33.1 Å². The third-order valence-electron chi connectivity index (χ3n) is 3.00. The molecule has 0 unspecified atom stereocenters. The van der Waals surface area contributed by atoms with Gasteiger partial charge in [-0.25, -0.2) is 0 Å². The smallest absolute Gasteiger partial charge is 0.0537 e. The third-order valence-corrected chi connectivity index (χ3v) is 3.00. The number of aryl methyl sites for hydroxylation is 1. The normalized spacial score (nSPS) is 12.4. The summed E-state index contributed by atoms with van der Waals surface area (Å²) in [6, 6.07) is 0. The molecule has 0 fully saturated rings. The summed E-state index contributed by atoms with van der Waals surface area (Å²) in [6.45, 7) is 9.68. The number of hydrogen-bond acceptors (Lipinski definition) is 3. The SMILES string of the molecule is Cc1c(CNCC(C)(C)CN(C)C)cnn1C. The van der Waals surface area contributed by atoms with Gasteiger partial charge in [0.25, 0.3) is 0 Å². The molecule has 4 heteroatoms. The van der Waals surface area contributed by atoms with Crippen molar-refractivity contribution in [3.63, 3.8) is 0 Å². The monoisotopic (exact) mass is 238 g/mol. The van der Waals surface area contributed by atoms with Gasteiger partial charge in [-0.2, -0.15) is 5.10 Å². The van der Waals surface area contributed by atoms with Crippen molar-refractivity contribution in [3.8, 4) is 0 Å². The maximum atomic E-state index is 4.25. The second-order valence-electron chi connectivity index (χ2n) is 5.88. The van der Waals surface area contributed by atoms with E-state index in [4.69, 9.17) is 0 Å². The lowest BCUT2D eigenvalue weighted by Crippen LogP contribution is -2.37. The molecule has 0 atom stereocenters. The molecule has 0 spiro atoms. The highest BCUT2D eigenvalue weighted by Crippen LogP contribution is 2.14. The van der Waals surface area contributed by atoms with Crippen molar-refractivity contribution >= 4 is 0 Å². The van der Waals surface area contributed by atoms with Crippen LogP contribution in [-0.2, 0) is 13.6 Å². The Balaban J connectivity index is 2.40. The Hall–Kier alpha value is -0.870. The van der Waals surface area contributed by atoms with Crippen LogP contribution in [-0.4, -0.2) is 41.9 Å². The summed E-state index contributed by atoms with van der Waals surface area (Å²) >= 11 is 0. The van der Waals surface area contributed by atoms with Crippen LogP contribution in [0.15, 0.2) is 6.20 Å². The second-order valence-corrected chi connectivity index (χ2v) is 5.88.